The summed E-state index contributed by atoms with van der Waals surface area (Å²) in [5, 5.41) is 0. The molecule has 0 N–H and O–H groups in total. The Kier molecular flexibility index (Phi) is 4.24. The molecular formula is C15H16O4. The highest BCUT2D eigenvalue weighted by Crippen LogP contribution is 2.27. The van der Waals surface area contributed by atoms with Crippen LogP contribution in [-0.4, -0.2) is 32.1 Å². The number of hydrogen-bond donors (Lipinski definition) is 0. The lowest BCUT2D eigenvalue weighted by Crippen LogP contribution is -2.21. The normalized spacial score (nSPS) is 15.7. The molecule has 1 aliphatic rings. The minimum Gasteiger partial charge on any atom is -0.352 e. The van der Waals surface area contributed by atoms with Gasteiger partial charge < -0.3 is 9.47 Å². The van der Waals surface area contributed by atoms with Gasteiger partial charge in [0.1, 0.15) is 0 Å². The van der Waals surface area contributed by atoms with Crippen molar-refractivity contribution in [2.45, 2.75) is 19.1 Å². The zero-order chi connectivity index (χ0) is 13.8. The zero-order valence-corrected chi connectivity index (χ0v) is 11.0. The van der Waals surface area contributed by atoms with Gasteiger partial charge in [-0.15, -0.1) is 0 Å². The number of hydrogen-bond acceptors (Lipinski definition) is 4. The third-order valence-electron chi connectivity index (χ3n) is 3.17. The monoisotopic (exact) mass is 260 g/mol. The summed E-state index contributed by atoms with van der Waals surface area (Å²) in [6.45, 7) is 0. The van der Waals surface area contributed by atoms with Gasteiger partial charge in [-0.25, -0.2) is 0 Å². The second-order valence-corrected chi connectivity index (χ2v) is 4.38. The van der Waals surface area contributed by atoms with Crippen LogP contribution in [0.1, 0.15) is 12.0 Å². The fraction of sp³-hybridized carbons (Fsp3) is 0.333. The molecule has 1 aromatic carbocycles. The number of carbonyl (C=O) groups is 2. The Balaban J connectivity index is 2.36. The largest absolute Gasteiger partial charge is 0.352 e. The Labute approximate surface area is 112 Å². The summed E-state index contributed by atoms with van der Waals surface area (Å²) in [4.78, 5) is 23.9. The molecule has 0 aliphatic heterocycles. The fourth-order valence-electron chi connectivity index (χ4n) is 2.27. The van der Waals surface area contributed by atoms with E-state index in [1.54, 1.807) is 0 Å². The lowest BCUT2D eigenvalue weighted by Gasteiger charge is -2.15. The van der Waals surface area contributed by atoms with Gasteiger partial charge in [0, 0.05) is 26.2 Å². The number of benzene rings is 1. The van der Waals surface area contributed by atoms with Crippen LogP contribution in [0.4, 0.5) is 0 Å². The van der Waals surface area contributed by atoms with Crippen LogP contribution in [-0.2, 0) is 25.5 Å². The Bertz CT molecular complexity index is 512. The third kappa shape index (κ3) is 2.80. The van der Waals surface area contributed by atoms with Gasteiger partial charge in [0.05, 0.1) is 12.0 Å². The Hall–Kier alpha value is -1.78. The van der Waals surface area contributed by atoms with Crippen LogP contribution in [0, 0.1) is 0 Å². The van der Waals surface area contributed by atoms with Crippen LogP contribution in [0.3, 0.4) is 0 Å². The van der Waals surface area contributed by atoms with E-state index in [9.17, 15) is 9.59 Å². The number of methoxy groups -OCH3 is 2. The molecule has 0 amide bonds. The Morgan fingerprint density at radius 1 is 1.05 bits per heavy atom. The minimum atomic E-state index is -0.766. The molecule has 0 bridgehead atoms. The molecule has 0 fully saturated rings. The van der Waals surface area contributed by atoms with E-state index in [0.29, 0.717) is 17.6 Å². The first-order chi connectivity index (χ1) is 9.17. The summed E-state index contributed by atoms with van der Waals surface area (Å²) >= 11 is 0. The van der Waals surface area contributed by atoms with E-state index >= 15 is 0 Å². The standard InChI is InChI=1S/C15H16O4/c1-18-15(19-2)14-11(12(16)9-13(14)17)8-10-6-4-3-5-7-10/h3-7,15H,8-9H2,1-2H3. The number of rotatable bonds is 5. The summed E-state index contributed by atoms with van der Waals surface area (Å²) in [6, 6.07) is 9.57. The van der Waals surface area contributed by atoms with Crippen LogP contribution in [0.25, 0.3) is 0 Å². The number of ketones is 2. The van der Waals surface area contributed by atoms with Crippen molar-refractivity contribution in [2.24, 2.45) is 0 Å². The molecule has 4 heteroatoms. The van der Waals surface area contributed by atoms with Crippen molar-refractivity contribution >= 4 is 11.6 Å². The molecule has 19 heavy (non-hydrogen) atoms. The van der Waals surface area contributed by atoms with E-state index in [2.05, 4.69) is 0 Å². The molecule has 2 rings (SSSR count). The molecule has 100 valence electrons. The molecule has 0 saturated heterocycles. The van der Waals surface area contributed by atoms with Crippen molar-refractivity contribution in [1.29, 1.82) is 0 Å². The second kappa shape index (κ2) is 5.91. The van der Waals surface area contributed by atoms with E-state index in [1.807, 2.05) is 30.3 Å². The van der Waals surface area contributed by atoms with Gasteiger partial charge in [0.15, 0.2) is 17.9 Å². The van der Waals surface area contributed by atoms with Gasteiger partial charge in [-0.05, 0) is 5.56 Å². The van der Waals surface area contributed by atoms with Crippen molar-refractivity contribution in [2.75, 3.05) is 14.2 Å². The molecule has 1 aromatic rings. The SMILES string of the molecule is COC(OC)C1=C(Cc2ccccc2)C(=O)CC1=O. The van der Waals surface area contributed by atoms with Gasteiger partial charge in [-0.1, -0.05) is 30.3 Å². The van der Waals surface area contributed by atoms with Crippen molar-refractivity contribution in [1.82, 2.24) is 0 Å². The van der Waals surface area contributed by atoms with Crippen molar-refractivity contribution in [3.63, 3.8) is 0 Å². The van der Waals surface area contributed by atoms with E-state index in [0.717, 1.165) is 5.56 Å². The van der Waals surface area contributed by atoms with E-state index in [-0.39, 0.29) is 18.0 Å². The van der Waals surface area contributed by atoms with E-state index in [1.165, 1.54) is 14.2 Å². The lowest BCUT2D eigenvalue weighted by atomic mass is 10.0. The highest BCUT2D eigenvalue weighted by molar-refractivity contribution is 6.22. The van der Waals surface area contributed by atoms with Crippen LogP contribution >= 0.6 is 0 Å². The van der Waals surface area contributed by atoms with E-state index in [4.69, 9.17) is 9.47 Å². The molecule has 0 radical (unpaired) electrons. The van der Waals surface area contributed by atoms with Gasteiger partial charge in [0.25, 0.3) is 0 Å². The number of allylic oxidation sites excluding steroid dienone is 1. The molecule has 1 aliphatic carbocycles. The van der Waals surface area contributed by atoms with Crippen molar-refractivity contribution < 1.29 is 19.1 Å². The highest BCUT2D eigenvalue weighted by atomic mass is 16.7. The van der Waals surface area contributed by atoms with Crippen LogP contribution in [0.2, 0.25) is 0 Å². The van der Waals surface area contributed by atoms with Gasteiger partial charge in [-0.3, -0.25) is 9.59 Å². The average Bonchev–Trinajstić information content (AvgIpc) is 2.69. The van der Waals surface area contributed by atoms with Gasteiger partial charge in [0.2, 0.25) is 0 Å². The molecule has 0 spiro atoms. The summed E-state index contributed by atoms with van der Waals surface area (Å²) in [5.74, 6) is -0.340. The van der Waals surface area contributed by atoms with Crippen LogP contribution in [0.15, 0.2) is 41.5 Å². The molecule has 0 atom stereocenters. The maximum Gasteiger partial charge on any atom is 0.186 e. The fourth-order valence-corrected chi connectivity index (χ4v) is 2.27. The Morgan fingerprint density at radius 3 is 2.26 bits per heavy atom. The van der Waals surface area contributed by atoms with E-state index < -0.39 is 6.29 Å². The molecule has 0 unspecified atom stereocenters. The lowest BCUT2D eigenvalue weighted by molar-refractivity contribution is -0.124. The topological polar surface area (TPSA) is 52.6 Å². The molecule has 0 aromatic heterocycles. The number of Topliss-reactive ketones (excluding diaryl/α,β-unsaturated/α-hetero) is 2. The van der Waals surface area contributed by atoms with Gasteiger partial charge in [-0.2, -0.15) is 0 Å². The maximum absolute atomic E-state index is 11.9. The van der Waals surface area contributed by atoms with Crippen molar-refractivity contribution in [3.8, 4) is 0 Å². The molecule has 0 saturated carbocycles. The summed E-state index contributed by atoms with van der Waals surface area (Å²) < 4.78 is 10.2. The predicted molar refractivity (Wildman–Crippen MR) is 69.6 cm³/mol. The Morgan fingerprint density at radius 2 is 1.68 bits per heavy atom. The first-order valence-corrected chi connectivity index (χ1v) is 6.06. The first kappa shape index (κ1) is 13.6. The van der Waals surface area contributed by atoms with Crippen LogP contribution < -0.4 is 0 Å². The summed E-state index contributed by atoms with van der Waals surface area (Å²) in [5.41, 5.74) is 1.85. The first-order valence-electron chi connectivity index (χ1n) is 6.06. The second-order valence-electron chi connectivity index (χ2n) is 4.38. The third-order valence-corrected chi connectivity index (χ3v) is 3.17. The maximum atomic E-state index is 11.9. The summed E-state index contributed by atoms with van der Waals surface area (Å²) in [6.07, 6.45) is -0.414. The molecule has 0 heterocycles. The minimum absolute atomic E-state index is 0.0826. The summed E-state index contributed by atoms with van der Waals surface area (Å²) in [7, 11) is 2.91. The van der Waals surface area contributed by atoms with Crippen molar-refractivity contribution in [3.05, 3.63) is 47.0 Å². The number of carbonyl (C=O) groups excluding carboxylic acids is 2. The average molecular weight is 260 g/mol. The number of ether oxygens (including phenoxy) is 2. The van der Waals surface area contributed by atoms with Crippen LogP contribution in [0.5, 0.6) is 0 Å². The zero-order valence-electron chi connectivity index (χ0n) is 11.0. The predicted octanol–water partition coefficient (Wildman–Crippen LogP) is 1.69. The van der Waals surface area contributed by atoms with Gasteiger partial charge >= 0.3 is 0 Å². The molecular weight excluding hydrogens is 244 g/mol. The quantitative estimate of drug-likeness (QED) is 0.597. The molecule has 4 nitrogen and oxygen atoms in total. The smallest absolute Gasteiger partial charge is 0.186 e. The highest BCUT2D eigenvalue weighted by Gasteiger charge is 2.35.